The summed E-state index contributed by atoms with van der Waals surface area (Å²) in [6.45, 7) is 4.41. The highest BCUT2D eigenvalue weighted by Gasteiger charge is 2.21. The van der Waals surface area contributed by atoms with Crippen LogP contribution in [0.3, 0.4) is 0 Å². The molecule has 0 bridgehead atoms. The van der Waals surface area contributed by atoms with Crippen LogP contribution in [0, 0.1) is 0 Å². The molecule has 1 N–H and O–H groups in total. The molecule has 0 aliphatic carbocycles. The lowest BCUT2D eigenvalue weighted by molar-refractivity contribution is 0.564. The molecule has 2 heterocycles. The van der Waals surface area contributed by atoms with E-state index < -0.39 is 0 Å². The fourth-order valence-electron chi connectivity index (χ4n) is 1.52. The Labute approximate surface area is 77.6 Å². The fourth-order valence-corrected chi connectivity index (χ4v) is 2.69. The van der Waals surface area contributed by atoms with Crippen molar-refractivity contribution in [3.05, 3.63) is 0 Å². The van der Waals surface area contributed by atoms with Gasteiger partial charge in [0.25, 0.3) is 0 Å². The number of nitrogens with zero attached hydrogens (tertiary/aromatic N) is 2. The Kier molecular flexibility index (Phi) is 2.56. The predicted octanol–water partition coefficient (Wildman–Crippen LogP) is 0.383. The van der Waals surface area contributed by atoms with Gasteiger partial charge >= 0.3 is 0 Å². The summed E-state index contributed by atoms with van der Waals surface area (Å²) in [6.07, 6.45) is 1.29. The van der Waals surface area contributed by atoms with Gasteiger partial charge in [0.15, 0.2) is 5.17 Å². The molecule has 2 aliphatic heterocycles. The summed E-state index contributed by atoms with van der Waals surface area (Å²) < 4.78 is 0. The first-order valence-corrected chi connectivity index (χ1v) is 5.37. The summed E-state index contributed by atoms with van der Waals surface area (Å²) in [5.41, 5.74) is 0. The molecule has 0 amide bonds. The molecule has 0 aromatic heterocycles. The van der Waals surface area contributed by atoms with Crippen LogP contribution >= 0.6 is 11.8 Å². The van der Waals surface area contributed by atoms with E-state index in [4.69, 9.17) is 0 Å². The standard InChI is InChI=1S/C8H15N3S/c1-11-5-4-10-8(11)12-7-2-3-9-6-7/h7,9H,2-6H2,1H3. The molecule has 68 valence electrons. The van der Waals surface area contributed by atoms with Gasteiger partial charge in [0.1, 0.15) is 0 Å². The molecule has 1 fully saturated rings. The minimum Gasteiger partial charge on any atom is -0.353 e. The van der Waals surface area contributed by atoms with Crippen LogP contribution < -0.4 is 5.32 Å². The molecule has 0 aromatic rings. The minimum absolute atomic E-state index is 0.754. The summed E-state index contributed by atoms with van der Waals surface area (Å²) in [6, 6.07) is 0. The zero-order valence-electron chi connectivity index (χ0n) is 7.42. The number of likely N-dealkylation sites (N-methyl/N-ethyl adjacent to an activating group) is 1. The quantitative estimate of drug-likeness (QED) is 0.640. The van der Waals surface area contributed by atoms with Crippen molar-refractivity contribution < 1.29 is 0 Å². The van der Waals surface area contributed by atoms with Crippen LogP contribution in [0.1, 0.15) is 6.42 Å². The van der Waals surface area contributed by atoms with Crippen molar-refractivity contribution in [2.75, 3.05) is 33.2 Å². The molecule has 4 heteroatoms. The first kappa shape index (κ1) is 8.38. The van der Waals surface area contributed by atoms with Gasteiger partial charge in [0.05, 0.1) is 6.54 Å². The third-order valence-corrected chi connectivity index (χ3v) is 3.68. The Balaban J connectivity index is 1.85. The lowest BCUT2D eigenvalue weighted by atomic mass is 10.4. The molecule has 0 aromatic carbocycles. The summed E-state index contributed by atoms with van der Waals surface area (Å²) >= 11 is 1.94. The summed E-state index contributed by atoms with van der Waals surface area (Å²) in [5.74, 6) is 0. The Morgan fingerprint density at radius 2 is 2.58 bits per heavy atom. The summed E-state index contributed by atoms with van der Waals surface area (Å²) in [4.78, 5) is 6.71. The van der Waals surface area contributed by atoms with Crippen molar-refractivity contribution in [1.82, 2.24) is 10.2 Å². The minimum atomic E-state index is 0.754. The number of rotatable bonds is 1. The van der Waals surface area contributed by atoms with Crippen molar-refractivity contribution in [3.8, 4) is 0 Å². The van der Waals surface area contributed by atoms with Gasteiger partial charge in [-0.3, -0.25) is 4.99 Å². The third-order valence-electron chi connectivity index (χ3n) is 2.30. The lowest BCUT2D eigenvalue weighted by Gasteiger charge is -2.15. The normalized spacial score (nSPS) is 29.6. The molecule has 2 rings (SSSR count). The maximum absolute atomic E-state index is 4.46. The summed E-state index contributed by atoms with van der Waals surface area (Å²) in [7, 11) is 2.13. The van der Waals surface area contributed by atoms with Crippen LogP contribution in [0.15, 0.2) is 4.99 Å². The third kappa shape index (κ3) is 1.75. The van der Waals surface area contributed by atoms with E-state index in [0.717, 1.165) is 24.9 Å². The van der Waals surface area contributed by atoms with Crippen LogP contribution in [0.4, 0.5) is 0 Å². The molecule has 0 saturated carbocycles. The molecule has 1 saturated heterocycles. The average molecular weight is 185 g/mol. The molecular weight excluding hydrogens is 170 g/mol. The van der Waals surface area contributed by atoms with Gasteiger partial charge < -0.3 is 10.2 Å². The number of nitrogens with one attached hydrogen (secondary N) is 1. The van der Waals surface area contributed by atoms with Gasteiger partial charge in [-0.2, -0.15) is 0 Å². The van der Waals surface area contributed by atoms with Crippen LogP contribution in [-0.4, -0.2) is 48.5 Å². The van der Waals surface area contributed by atoms with E-state index in [-0.39, 0.29) is 0 Å². The van der Waals surface area contributed by atoms with E-state index in [1.807, 2.05) is 11.8 Å². The van der Waals surface area contributed by atoms with Crippen molar-refractivity contribution in [3.63, 3.8) is 0 Å². The first-order valence-electron chi connectivity index (χ1n) is 4.49. The average Bonchev–Trinajstić information content (AvgIpc) is 2.65. The molecule has 0 radical (unpaired) electrons. The predicted molar refractivity (Wildman–Crippen MR) is 53.8 cm³/mol. The molecule has 1 unspecified atom stereocenters. The van der Waals surface area contributed by atoms with Crippen LogP contribution in [0.25, 0.3) is 0 Å². The highest BCUT2D eigenvalue weighted by Crippen LogP contribution is 2.22. The van der Waals surface area contributed by atoms with E-state index >= 15 is 0 Å². The Morgan fingerprint density at radius 1 is 1.67 bits per heavy atom. The van der Waals surface area contributed by atoms with Gasteiger partial charge in [-0.25, -0.2) is 0 Å². The monoisotopic (exact) mass is 185 g/mol. The largest absolute Gasteiger partial charge is 0.353 e. The molecule has 1 atom stereocenters. The van der Waals surface area contributed by atoms with E-state index in [9.17, 15) is 0 Å². The lowest BCUT2D eigenvalue weighted by Crippen LogP contribution is -2.23. The summed E-state index contributed by atoms with van der Waals surface area (Å²) in [5, 5.41) is 5.36. The van der Waals surface area contributed by atoms with Crippen LogP contribution in [0.5, 0.6) is 0 Å². The van der Waals surface area contributed by atoms with Gasteiger partial charge in [-0.1, -0.05) is 11.8 Å². The zero-order valence-corrected chi connectivity index (χ0v) is 8.23. The maximum atomic E-state index is 4.46. The number of aliphatic imine (C=N–C) groups is 1. The van der Waals surface area contributed by atoms with E-state index in [0.29, 0.717) is 0 Å². The van der Waals surface area contributed by atoms with Crippen molar-refractivity contribution in [2.45, 2.75) is 11.7 Å². The Morgan fingerprint density at radius 3 is 3.17 bits per heavy atom. The number of amidine groups is 1. The molecule has 3 nitrogen and oxygen atoms in total. The van der Waals surface area contributed by atoms with Gasteiger partial charge in [0.2, 0.25) is 0 Å². The fraction of sp³-hybridized carbons (Fsp3) is 0.875. The second-order valence-corrected chi connectivity index (χ2v) is 4.59. The van der Waals surface area contributed by atoms with E-state index in [2.05, 4.69) is 22.3 Å². The first-order chi connectivity index (χ1) is 5.86. The Hall–Kier alpha value is -0.220. The molecule has 0 spiro atoms. The highest BCUT2D eigenvalue weighted by molar-refractivity contribution is 8.14. The Bertz CT molecular complexity index is 187. The van der Waals surface area contributed by atoms with Gasteiger partial charge in [-0.15, -0.1) is 0 Å². The van der Waals surface area contributed by atoms with Crippen LogP contribution in [0.2, 0.25) is 0 Å². The SMILES string of the molecule is CN1CCN=C1SC1CCNC1. The highest BCUT2D eigenvalue weighted by atomic mass is 32.2. The van der Waals surface area contributed by atoms with Crippen molar-refractivity contribution in [1.29, 1.82) is 0 Å². The number of hydrogen-bond donors (Lipinski definition) is 1. The second kappa shape index (κ2) is 3.66. The van der Waals surface area contributed by atoms with Crippen molar-refractivity contribution in [2.24, 2.45) is 4.99 Å². The zero-order chi connectivity index (χ0) is 8.39. The molecular formula is C8H15N3S. The molecule has 12 heavy (non-hydrogen) atoms. The van der Waals surface area contributed by atoms with E-state index in [1.54, 1.807) is 0 Å². The van der Waals surface area contributed by atoms with E-state index in [1.165, 1.54) is 18.1 Å². The second-order valence-electron chi connectivity index (χ2n) is 3.32. The van der Waals surface area contributed by atoms with Gasteiger partial charge in [0, 0.05) is 25.4 Å². The smallest absolute Gasteiger partial charge is 0.159 e. The van der Waals surface area contributed by atoms with Crippen molar-refractivity contribution >= 4 is 16.9 Å². The molecule has 2 aliphatic rings. The topological polar surface area (TPSA) is 27.6 Å². The number of hydrogen-bond acceptors (Lipinski definition) is 4. The van der Waals surface area contributed by atoms with Gasteiger partial charge in [-0.05, 0) is 13.0 Å². The number of thioether (sulfide) groups is 1. The maximum Gasteiger partial charge on any atom is 0.159 e. The van der Waals surface area contributed by atoms with Crippen LogP contribution in [-0.2, 0) is 0 Å².